The van der Waals surface area contributed by atoms with Gasteiger partial charge in [0.2, 0.25) is 0 Å². The average molecular weight is 1160 g/mol. The standard InChI is InChI=1S/C63H68O21/c1-30(64)79-50-27-37-41(82-57(50)33-16-19-38(68-5)42(22-33)71-8)28-46(75-12)52(60(37)78-15)56-54-48(77-14)29-47(76-13)53(61(54)84-59(63(56)81-32(3)66)35-18-21-40(70-7)44(24-35)73-10)55-51-45(74-11)25-36(67-4)26-49(51)83-58(62(55)80-31(2)65)34-17-20-39(69-6)43(23-34)72-9/h16-26,28-29,50,55-59,62-63H,27H2,1-15H3/t50-,55+,56-,57+,58+,59+,62+,63+/m0/s1. The van der Waals surface area contributed by atoms with Gasteiger partial charge in [-0.05, 0) is 36.4 Å². The van der Waals surface area contributed by atoms with E-state index in [0.29, 0.717) is 96.3 Å². The lowest BCUT2D eigenvalue weighted by Crippen LogP contribution is -2.42. The van der Waals surface area contributed by atoms with Crippen molar-refractivity contribution in [3.8, 4) is 86.2 Å². The maximum absolute atomic E-state index is 14.0. The fraction of sp³-hybridized carbons (Fsp3) is 0.381. The molecule has 6 aromatic rings. The summed E-state index contributed by atoms with van der Waals surface area (Å²) in [6, 6.07) is 22.5. The lowest BCUT2D eigenvalue weighted by molar-refractivity contribution is -0.154. The zero-order chi connectivity index (χ0) is 60.3. The van der Waals surface area contributed by atoms with Crippen LogP contribution in [0.25, 0.3) is 0 Å². The average Bonchev–Trinajstić information content (AvgIpc) is 0.844. The van der Waals surface area contributed by atoms with Crippen LogP contribution < -0.4 is 71.1 Å². The van der Waals surface area contributed by atoms with Crippen molar-refractivity contribution in [3.63, 3.8) is 0 Å². The summed E-state index contributed by atoms with van der Waals surface area (Å²) in [5, 5.41) is 0. The van der Waals surface area contributed by atoms with Crippen LogP contribution in [0.1, 0.15) is 95.4 Å². The molecule has 3 aliphatic heterocycles. The molecule has 0 fully saturated rings. The maximum Gasteiger partial charge on any atom is 0.303 e. The van der Waals surface area contributed by atoms with Crippen molar-refractivity contribution in [1.29, 1.82) is 0 Å². The second-order valence-corrected chi connectivity index (χ2v) is 19.6. The summed E-state index contributed by atoms with van der Waals surface area (Å²) < 4.78 is 113. The summed E-state index contributed by atoms with van der Waals surface area (Å²) in [5.41, 5.74) is 3.48. The lowest BCUT2D eigenvalue weighted by atomic mass is 9.73. The number of hydrogen-bond donors (Lipinski definition) is 0. The number of hydrogen-bond acceptors (Lipinski definition) is 21. The molecular formula is C63H68O21. The summed E-state index contributed by atoms with van der Waals surface area (Å²) in [7, 11) is 18.1. The summed E-state index contributed by atoms with van der Waals surface area (Å²) in [6.07, 6.45) is -6.63. The van der Waals surface area contributed by atoms with Crippen LogP contribution in [-0.2, 0) is 35.0 Å². The van der Waals surface area contributed by atoms with Crippen molar-refractivity contribution in [2.45, 2.75) is 75.7 Å². The third-order valence-corrected chi connectivity index (χ3v) is 15.1. The van der Waals surface area contributed by atoms with Gasteiger partial charge in [0.15, 0.2) is 65.0 Å². The largest absolute Gasteiger partial charge is 0.496 e. The van der Waals surface area contributed by atoms with Crippen molar-refractivity contribution >= 4 is 17.9 Å². The number of fused-ring (bicyclic) bond motifs is 3. The van der Waals surface area contributed by atoms with Crippen LogP contribution in [0.3, 0.4) is 0 Å². The van der Waals surface area contributed by atoms with E-state index in [-0.39, 0.29) is 40.9 Å². The van der Waals surface area contributed by atoms with Gasteiger partial charge in [0, 0.05) is 96.0 Å². The van der Waals surface area contributed by atoms with Crippen LogP contribution in [0.4, 0.5) is 0 Å². The molecule has 446 valence electrons. The van der Waals surface area contributed by atoms with Crippen molar-refractivity contribution in [2.24, 2.45) is 0 Å². The van der Waals surface area contributed by atoms with Crippen molar-refractivity contribution < 1.29 is 99.6 Å². The highest BCUT2D eigenvalue weighted by Crippen LogP contribution is 2.63. The molecule has 8 atom stereocenters. The quantitative estimate of drug-likeness (QED) is 0.0513. The van der Waals surface area contributed by atoms with Crippen molar-refractivity contribution in [1.82, 2.24) is 0 Å². The highest BCUT2D eigenvalue weighted by Gasteiger charge is 2.54. The minimum Gasteiger partial charge on any atom is -0.496 e. The van der Waals surface area contributed by atoms with Crippen LogP contribution in [-0.4, -0.2) is 122 Å². The lowest BCUT2D eigenvalue weighted by Gasteiger charge is -2.45. The van der Waals surface area contributed by atoms with E-state index in [9.17, 15) is 14.4 Å². The number of benzene rings is 6. The Morgan fingerprint density at radius 3 is 1.20 bits per heavy atom. The first-order valence-electron chi connectivity index (χ1n) is 26.6. The molecule has 0 saturated carbocycles. The first kappa shape index (κ1) is 59.4. The number of ether oxygens (including phenoxy) is 18. The van der Waals surface area contributed by atoms with Gasteiger partial charge in [0.1, 0.15) is 57.8 Å². The van der Waals surface area contributed by atoms with Gasteiger partial charge in [-0.15, -0.1) is 0 Å². The van der Waals surface area contributed by atoms with Gasteiger partial charge in [-0.3, -0.25) is 14.4 Å². The molecule has 0 amide bonds. The van der Waals surface area contributed by atoms with Gasteiger partial charge < -0.3 is 85.3 Å². The Kier molecular flexibility index (Phi) is 17.7. The molecule has 6 aromatic carbocycles. The normalized spacial score (nSPS) is 20.0. The third-order valence-electron chi connectivity index (χ3n) is 15.1. The Morgan fingerprint density at radius 1 is 0.369 bits per heavy atom. The Labute approximate surface area is 486 Å². The van der Waals surface area contributed by atoms with Crippen molar-refractivity contribution in [3.05, 3.63) is 123 Å². The van der Waals surface area contributed by atoms with Crippen LogP contribution >= 0.6 is 0 Å². The summed E-state index contributed by atoms with van der Waals surface area (Å²) in [5.74, 6) is 0.594. The Bertz CT molecular complexity index is 3450. The van der Waals surface area contributed by atoms with Gasteiger partial charge in [-0.25, -0.2) is 0 Å². The minimum absolute atomic E-state index is 0.0518. The van der Waals surface area contributed by atoms with Crippen LogP contribution in [0.15, 0.2) is 78.9 Å². The van der Waals surface area contributed by atoms with Gasteiger partial charge in [0.25, 0.3) is 0 Å². The minimum atomic E-state index is -1.30. The monoisotopic (exact) mass is 1160 g/mol. The van der Waals surface area contributed by atoms with E-state index in [4.69, 9.17) is 85.3 Å². The number of rotatable bonds is 20. The molecule has 3 heterocycles. The number of methoxy groups -OCH3 is 12. The fourth-order valence-electron chi connectivity index (χ4n) is 11.7. The Balaban J connectivity index is 1.41. The molecule has 0 aliphatic carbocycles. The maximum atomic E-state index is 14.0. The predicted octanol–water partition coefficient (Wildman–Crippen LogP) is 9.79. The molecular weight excluding hydrogens is 1090 g/mol. The molecule has 21 heteroatoms. The number of carbonyl (C=O) groups is 3. The molecule has 0 spiro atoms. The Morgan fingerprint density at radius 2 is 0.774 bits per heavy atom. The van der Waals surface area contributed by atoms with Crippen LogP contribution in [0.5, 0.6) is 86.2 Å². The third kappa shape index (κ3) is 10.8. The summed E-state index contributed by atoms with van der Waals surface area (Å²) in [4.78, 5) is 40.8. The van der Waals surface area contributed by atoms with E-state index < -0.39 is 66.4 Å². The zero-order valence-electron chi connectivity index (χ0n) is 49.4. The zero-order valence-corrected chi connectivity index (χ0v) is 49.4. The van der Waals surface area contributed by atoms with Crippen LogP contribution in [0.2, 0.25) is 0 Å². The van der Waals surface area contributed by atoms with E-state index in [1.165, 1.54) is 106 Å². The molecule has 0 saturated heterocycles. The SMILES string of the molecule is COc1cc(OC)c2c(c1)O[C@H](c1ccc(OC)c(OC)c1)[C@H](OC(C)=O)[C@H]2c1c(OC)cc(OC)c2c1O[C@H](c1ccc(OC)c(OC)c1)[C@H](OC(C)=O)[C@H]2c1c(OC)cc2c(c1OC)C[C@H](OC(C)=O)[C@@H](c1ccc(OC)c(OC)c1)O2. The molecule has 0 unspecified atom stereocenters. The number of esters is 3. The summed E-state index contributed by atoms with van der Waals surface area (Å²) in [6.45, 7) is 3.91. The van der Waals surface area contributed by atoms with Gasteiger partial charge in [0.05, 0.1) is 97.2 Å². The second kappa shape index (κ2) is 25.1. The molecule has 84 heavy (non-hydrogen) atoms. The molecule has 9 rings (SSSR count). The van der Waals surface area contributed by atoms with E-state index >= 15 is 0 Å². The molecule has 21 nitrogen and oxygen atoms in total. The first-order chi connectivity index (χ1) is 40.6. The molecule has 3 aliphatic rings. The van der Waals surface area contributed by atoms with Gasteiger partial charge >= 0.3 is 17.9 Å². The van der Waals surface area contributed by atoms with Crippen molar-refractivity contribution in [2.75, 3.05) is 85.3 Å². The Hall–Kier alpha value is -9.27. The highest BCUT2D eigenvalue weighted by atomic mass is 16.6. The molecule has 0 N–H and O–H groups in total. The molecule has 0 aromatic heterocycles. The van der Waals surface area contributed by atoms with E-state index in [1.54, 1.807) is 78.9 Å². The van der Waals surface area contributed by atoms with E-state index in [1.807, 2.05) is 0 Å². The topological polar surface area (TPSA) is 217 Å². The van der Waals surface area contributed by atoms with E-state index in [0.717, 1.165) is 0 Å². The fourth-order valence-corrected chi connectivity index (χ4v) is 11.7. The molecule has 0 radical (unpaired) electrons. The van der Waals surface area contributed by atoms with Crippen LogP contribution in [0, 0.1) is 0 Å². The second-order valence-electron chi connectivity index (χ2n) is 19.6. The smallest absolute Gasteiger partial charge is 0.303 e. The predicted molar refractivity (Wildman–Crippen MR) is 301 cm³/mol. The van der Waals surface area contributed by atoms with E-state index in [2.05, 4.69) is 0 Å². The highest BCUT2D eigenvalue weighted by molar-refractivity contribution is 5.74. The van der Waals surface area contributed by atoms with Gasteiger partial charge in [-0.2, -0.15) is 0 Å². The van der Waals surface area contributed by atoms with Gasteiger partial charge in [-0.1, -0.05) is 18.2 Å². The first-order valence-corrected chi connectivity index (χ1v) is 26.6. The molecule has 0 bridgehead atoms. The summed E-state index contributed by atoms with van der Waals surface area (Å²) >= 11 is 0. The number of carbonyl (C=O) groups excluding carboxylic acids is 3.